The van der Waals surface area contributed by atoms with Gasteiger partial charge in [0.1, 0.15) is 12.4 Å². The summed E-state index contributed by atoms with van der Waals surface area (Å²) in [5, 5.41) is 11.9. The van der Waals surface area contributed by atoms with Crippen LogP contribution in [0.1, 0.15) is 41.4 Å². The number of hydroxylamine groups is 1. The number of hydrogen-bond acceptors (Lipinski definition) is 7. The van der Waals surface area contributed by atoms with Crippen LogP contribution in [0.3, 0.4) is 0 Å². The first-order valence-electron chi connectivity index (χ1n) is 11.2. The minimum atomic E-state index is -3.47. The van der Waals surface area contributed by atoms with Crippen LogP contribution in [-0.4, -0.2) is 47.0 Å². The molecule has 2 unspecified atom stereocenters. The van der Waals surface area contributed by atoms with E-state index >= 15 is 0 Å². The van der Waals surface area contributed by atoms with Crippen molar-refractivity contribution in [2.75, 3.05) is 5.75 Å². The molecule has 2 atom stereocenters. The van der Waals surface area contributed by atoms with Crippen LogP contribution >= 0.6 is 0 Å². The summed E-state index contributed by atoms with van der Waals surface area (Å²) in [4.78, 5) is 29.3. The van der Waals surface area contributed by atoms with Gasteiger partial charge in [0.2, 0.25) is 5.91 Å². The number of carbonyl (C=O) groups excluding carboxylic acids is 2. The van der Waals surface area contributed by atoms with Gasteiger partial charge in [-0.25, -0.2) is 13.9 Å². The minimum absolute atomic E-state index is 0.0784. The number of pyridine rings is 1. The number of benzene rings is 2. The normalized spacial score (nSPS) is 20.9. The highest BCUT2D eigenvalue weighted by Crippen LogP contribution is 2.33. The van der Waals surface area contributed by atoms with Gasteiger partial charge in [-0.1, -0.05) is 18.2 Å². The third-order valence-corrected chi connectivity index (χ3v) is 8.56. The van der Waals surface area contributed by atoms with Crippen molar-refractivity contribution >= 4 is 32.6 Å². The van der Waals surface area contributed by atoms with Gasteiger partial charge in [-0.05, 0) is 56.7 Å². The Labute approximate surface area is 203 Å². The van der Waals surface area contributed by atoms with E-state index in [0.717, 1.165) is 22.2 Å². The van der Waals surface area contributed by atoms with E-state index in [9.17, 15) is 18.0 Å². The Morgan fingerprint density at radius 2 is 1.89 bits per heavy atom. The van der Waals surface area contributed by atoms with E-state index in [1.807, 2.05) is 37.3 Å². The smallest absolute Gasteiger partial charge is 0.251 e. The number of sulfone groups is 1. The second-order valence-electron chi connectivity index (χ2n) is 9.02. The van der Waals surface area contributed by atoms with Gasteiger partial charge in [0.25, 0.3) is 5.91 Å². The Morgan fingerprint density at radius 3 is 2.54 bits per heavy atom. The Bertz CT molecular complexity index is 1370. The molecule has 10 heteroatoms. The molecule has 3 N–H and O–H groups in total. The van der Waals surface area contributed by atoms with E-state index in [-0.39, 0.29) is 18.6 Å². The van der Waals surface area contributed by atoms with E-state index in [0.29, 0.717) is 17.9 Å². The van der Waals surface area contributed by atoms with Gasteiger partial charge in [-0.2, -0.15) is 0 Å². The maximum atomic E-state index is 12.9. The quantitative estimate of drug-likeness (QED) is 0.337. The molecule has 35 heavy (non-hydrogen) atoms. The maximum Gasteiger partial charge on any atom is 0.251 e. The van der Waals surface area contributed by atoms with E-state index in [1.54, 1.807) is 31.2 Å². The monoisotopic (exact) mass is 497 g/mol. The molecule has 0 spiro atoms. The van der Waals surface area contributed by atoms with Crippen LogP contribution in [0.15, 0.2) is 54.6 Å². The Morgan fingerprint density at radius 1 is 1.17 bits per heavy atom. The number of amides is 2. The molecule has 0 radical (unpaired) electrons. The molecule has 0 saturated carbocycles. The lowest BCUT2D eigenvalue weighted by Gasteiger charge is -2.28. The number of nitrogens with zero attached hydrogens (tertiary/aromatic N) is 1. The molecule has 184 valence electrons. The molecule has 1 aliphatic heterocycles. The molecule has 2 heterocycles. The van der Waals surface area contributed by atoms with Gasteiger partial charge in [0.15, 0.2) is 9.84 Å². The van der Waals surface area contributed by atoms with Gasteiger partial charge in [-0.15, -0.1) is 0 Å². The molecule has 0 bridgehead atoms. The number of fused-ring (bicyclic) bond motifs is 1. The highest BCUT2D eigenvalue weighted by atomic mass is 32.2. The van der Waals surface area contributed by atoms with Crippen molar-refractivity contribution in [2.24, 2.45) is 0 Å². The molecule has 0 aliphatic carbocycles. The third kappa shape index (κ3) is 5.44. The van der Waals surface area contributed by atoms with Crippen molar-refractivity contribution in [3.05, 3.63) is 71.4 Å². The first-order valence-corrected chi connectivity index (χ1v) is 12.9. The summed E-state index contributed by atoms with van der Waals surface area (Å²) in [6.45, 7) is 3.79. The number of nitrogens with one attached hydrogen (secondary N) is 2. The van der Waals surface area contributed by atoms with Crippen LogP contribution in [0.5, 0.6) is 5.75 Å². The lowest BCUT2D eigenvalue weighted by atomic mass is 9.91. The Balaban J connectivity index is 1.46. The molecule has 4 rings (SSSR count). The van der Waals surface area contributed by atoms with Crippen molar-refractivity contribution in [1.82, 2.24) is 15.8 Å². The van der Waals surface area contributed by atoms with Crippen LogP contribution in [-0.2, 0) is 21.2 Å². The fraction of sp³-hybridized carbons (Fsp3) is 0.320. The lowest BCUT2D eigenvalue weighted by molar-refractivity contribution is -0.130. The van der Waals surface area contributed by atoms with Crippen molar-refractivity contribution in [2.45, 2.75) is 44.1 Å². The highest BCUT2D eigenvalue weighted by Gasteiger charge is 2.49. The second-order valence-corrected chi connectivity index (χ2v) is 11.4. The van der Waals surface area contributed by atoms with Gasteiger partial charge in [-0.3, -0.25) is 19.8 Å². The number of ether oxygens (including phenoxy) is 1. The molecule has 1 saturated heterocycles. The predicted molar refractivity (Wildman–Crippen MR) is 130 cm³/mol. The summed E-state index contributed by atoms with van der Waals surface area (Å²) in [7, 11) is -3.47. The molecule has 3 aromatic rings. The number of carbonyl (C=O) groups is 2. The fourth-order valence-corrected chi connectivity index (χ4v) is 6.48. The lowest BCUT2D eigenvalue weighted by Crippen LogP contribution is -2.52. The average molecular weight is 498 g/mol. The van der Waals surface area contributed by atoms with Crippen LogP contribution in [0, 0.1) is 6.92 Å². The van der Waals surface area contributed by atoms with E-state index in [1.165, 1.54) is 5.48 Å². The number of para-hydroxylation sites is 1. The van der Waals surface area contributed by atoms with Gasteiger partial charge < -0.3 is 10.1 Å². The van der Waals surface area contributed by atoms with Crippen molar-refractivity contribution in [1.29, 1.82) is 0 Å². The van der Waals surface area contributed by atoms with Gasteiger partial charge in [0, 0.05) is 22.2 Å². The van der Waals surface area contributed by atoms with E-state index in [2.05, 4.69) is 10.3 Å². The summed E-state index contributed by atoms with van der Waals surface area (Å²) >= 11 is 0. The van der Waals surface area contributed by atoms with Crippen molar-refractivity contribution in [3.63, 3.8) is 0 Å². The number of hydrogen-bond donors (Lipinski definition) is 3. The molecule has 1 aromatic heterocycles. The first kappa shape index (κ1) is 24.6. The van der Waals surface area contributed by atoms with E-state index < -0.39 is 32.4 Å². The molecule has 1 aliphatic rings. The molecular formula is C25H27N3O6S. The molecule has 2 amide bonds. The summed E-state index contributed by atoms with van der Waals surface area (Å²) in [5.74, 6) is -1.09. The zero-order valence-corrected chi connectivity index (χ0v) is 20.3. The van der Waals surface area contributed by atoms with Crippen LogP contribution in [0.25, 0.3) is 10.9 Å². The maximum absolute atomic E-state index is 12.9. The Kier molecular flexibility index (Phi) is 6.77. The highest BCUT2D eigenvalue weighted by molar-refractivity contribution is 7.92. The topological polar surface area (TPSA) is 135 Å². The summed E-state index contributed by atoms with van der Waals surface area (Å²) in [5.41, 5.74) is 3.30. The van der Waals surface area contributed by atoms with Crippen molar-refractivity contribution < 1.29 is 28.0 Å². The van der Waals surface area contributed by atoms with Gasteiger partial charge in [0.05, 0.1) is 28.5 Å². The second kappa shape index (κ2) is 9.63. The largest absolute Gasteiger partial charge is 0.489 e. The van der Waals surface area contributed by atoms with Gasteiger partial charge >= 0.3 is 0 Å². The standard InChI is InChI=1S/C25H27N3O6S/c1-16-11-19(21-5-3-4-6-22(21)26-16)14-34-20-9-7-18(8-10-20)24(30)27-25(13-23(29)28-31)12-17(2)35(32,33)15-25/h3-11,17,31H,12-15H2,1-2H3,(H,27,30)(H,28,29). The molecule has 2 aromatic carbocycles. The summed E-state index contributed by atoms with van der Waals surface area (Å²) in [6.07, 6.45) is -0.270. The third-order valence-electron chi connectivity index (χ3n) is 6.21. The molecular weight excluding hydrogens is 470 g/mol. The number of aryl methyl sites for hydroxylation is 1. The van der Waals surface area contributed by atoms with Crippen LogP contribution in [0.2, 0.25) is 0 Å². The number of rotatable bonds is 7. The number of aromatic nitrogens is 1. The zero-order valence-electron chi connectivity index (χ0n) is 19.4. The zero-order chi connectivity index (χ0) is 25.2. The summed E-state index contributed by atoms with van der Waals surface area (Å²) in [6, 6.07) is 16.3. The average Bonchev–Trinajstić information content (AvgIpc) is 3.04. The van der Waals surface area contributed by atoms with Crippen LogP contribution < -0.4 is 15.5 Å². The fourth-order valence-electron chi connectivity index (χ4n) is 4.56. The Hall–Kier alpha value is -3.50. The van der Waals surface area contributed by atoms with E-state index in [4.69, 9.17) is 9.94 Å². The predicted octanol–water partition coefficient (Wildman–Crippen LogP) is 2.69. The SMILES string of the molecule is Cc1cc(COc2ccc(C(=O)NC3(CC(=O)NO)CC(C)S(=O)(=O)C3)cc2)c2ccccc2n1. The summed E-state index contributed by atoms with van der Waals surface area (Å²) < 4.78 is 30.6. The van der Waals surface area contributed by atoms with Crippen LogP contribution in [0.4, 0.5) is 0 Å². The first-order chi connectivity index (χ1) is 16.6. The van der Waals surface area contributed by atoms with Crippen molar-refractivity contribution in [3.8, 4) is 5.75 Å². The minimum Gasteiger partial charge on any atom is -0.489 e. The molecule has 1 fully saturated rings. The molecule has 9 nitrogen and oxygen atoms in total.